The molecule has 1 N–H and O–H groups in total. The Labute approximate surface area is 175 Å². The van der Waals surface area contributed by atoms with Crippen molar-refractivity contribution >= 4 is 33.6 Å². The van der Waals surface area contributed by atoms with E-state index >= 15 is 0 Å². The zero-order chi connectivity index (χ0) is 19.5. The van der Waals surface area contributed by atoms with E-state index in [2.05, 4.69) is 54.4 Å². The average Bonchev–Trinajstić information content (AvgIpc) is 3.35. The van der Waals surface area contributed by atoms with Crippen LogP contribution in [-0.2, 0) is 0 Å². The van der Waals surface area contributed by atoms with E-state index in [1.165, 1.54) is 52.2 Å². The van der Waals surface area contributed by atoms with Crippen molar-refractivity contribution in [2.24, 2.45) is 0 Å². The van der Waals surface area contributed by atoms with E-state index in [0.717, 1.165) is 23.0 Å². The molecule has 1 amide bonds. The van der Waals surface area contributed by atoms with Crippen molar-refractivity contribution in [3.8, 4) is 0 Å². The van der Waals surface area contributed by atoms with E-state index in [9.17, 15) is 4.79 Å². The van der Waals surface area contributed by atoms with E-state index in [-0.39, 0.29) is 11.9 Å². The van der Waals surface area contributed by atoms with Crippen LogP contribution >= 0.6 is 22.7 Å². The van der Waals surface area contributed by atoms with Crippen molar-refractivity contribution in [2.45, 2.75) is 39.2 Å². The van der Waals surface area contributed by atoms with E-state index < -0.39 is 0 Å². The molecule has 1 saturated heterocycles. The molecule has 1 aromatic carbocycles. The van der Waals surface area contributed by atoms with E-state index in [0.29, 0.717) is 0 Å². The van der Waals surface area contributed by atoms with Crippen LogP contribution in [0.15, 0.2) is 47.8 Å². The maximum atomic E-state index is 12.8. The number of carbonyl (C=O) groups excluding carboxylic acids is 1. The molecule has 146 valence electrons. The summed E-state index contributed by atoms with van der Waals surface area (Å²) >= 11 is 3.18. The van der Waals surface area contributed by atoms with Crippen LogP contribution in [0.5, 0.6) is 0 Å². The van der Waals surface area contributed by atoms with Crippen molar-refractivity contribution in [1.82, 2.24) is 4.90 Å². The summed E-state index contributed by atoms with van der Waals surface area (Å²) in [5.74, 6) is -0.0112. The molecule has 0 spiro atoms. The number of amides is 1. The normalized spacial score (nSPS) is 16.1. The minimum Gasteiger partial charge on any atom is -0.313 e. The minimum atomic E-state index is -0.0112. The third-order valence-electron chi connectivity index (χ3n) is 5.55. The second-order valence-electron chi connectivity index (χ2n) is 7.37. The highest BCUT2D eigenvalue weighted by atomic mass is 32.1. The molecule has 0 aliphatic carbocycles. The van der Waals surface area contributed by atoms with Crippen LogP contribution in [0.1, 0.15) is 56.5 Å². The summed E-state index contributed by atoms with van der Waals surface area (Å²) in [6.45, 7) is 6.56. The van der Waals surface area contributed by atoms with Gasteiger partial charge in [0, 0.05) is 10.4 Å². The van der Waals surface area contributed by atoms with Gasteiger partial charge in [-0.15, -0.1) is 22.7 Å². The third kappa shape index (κ3) is 3.93. The van der Waals surface area contributed by atoms with Gasteiger partial charge < -0.3 is 5.32 Å². The predicted octanol–water partition coefficient (Wildman–Crippen LogP) is 6.25. The van der Waals surface area contributed by atoms with Crippen LogP contribution in [0.25, 0.3) is 0 Å². The molecule has 2 aromatic heterocycles. The molecule has 3 heterocycles. The zero-order valence-electron chi connectivity index (χ0n) is 16.4. The molecule has 1 fully saturated rings. The number of piperidine rings is 1. The van der Waals surface area contributed by atoms with Crippen LogP contribution in [0.2, 0.25) is 0 Å². The number of aryl methyl sites for hydroxylation is 1. The summed E-state index contributed by atoms with van der Waals surface area (Å²) in [5.41, 5.74) is 3.86. The number of likely N-dealkylation sites (tertiary alicyclic amines) is 1. The highest BCUT2D eigenvalue weighted by Crippen LogP contribution is 2.43. The van der Waals surface area contributed by atoms with Gasteiger partial charge in [0.1, 0.15) is 5.00 Å². The first-order valence-corrected chi connectivity index (χ1v) is 11.6. The highest BCUT2D eigenvalue weighted by Gasteiger charge is 2.30. The third-order valence-corrected chi connectivity index (χ3v) is 7.56. The molecule has 3 nitrogen and oxygen atoms in total. The van der Waals surface area contributed by atoms with Gasteiger partial charge in [-0.1, -0.05) is 42.8 Å². The summed E-state index contributed by atoms with van der Waals surface area (Å²) in [4.78, 5) is 17.4. The lowest BCUT2D eigenvalue weighted by molar-refractivity contribution is 0.103. The number of rotatable bonds is 5. The Morgan fingerprint density at radius 2 is 1.79 bits per heavy atom. The van der Waals surface area contributed by atoms with Crippen LogP contribution < -0.4 is 5.32 Å². The monoisotopic (exact) mass is 410 g/mol. The molecular formula is C23H26N2OS2. The molecule has 0 bridgehead atoms. The van der Waals surface area contributed by atoms with Gasteiger partial charge in [0.2, 0.25) is 0 Å². The molecule has 0 radical (unpaired) electrons. The summed E-state index contributed by atoms with van der Waals surface area (Å²) in [6, 6.07) is 14.7. The first-order valence-electron chi connectivity index (χ1n) is 9.89. The molecule has 4 rings (SSSR count). The van der Waals surface area contributed by atoms with Gasteiger partial charge in [-0.3, -0.25) is 9.69 Å². The number of nitrogens with one attached hydrogen (secondary N) is 1. The molecule has 0 unspecified atom stereocenters. The van der Waals surface area contributed by atoms with Crippen LogP contribution in [0.4, 0.5) is 5.00 Å². The second kappa shape index (κ2) is 8.60. The lowest BCUT2D eigenvalue weighted by Gasteiger charge is -2.36. The fourth-order valence-corrected chi connectivity index (χ4v) is 5.72. The molecule has 1 atom stereocenters. The van der Waals surface area contributed by atoms with Gasteiger partial charge in [-0.2, -0.15) is 0 Å². The first-order chi connectivity index (χ1) is 13.6. The van der Waals surface area contributed by atoms with Gasteiger partial charge in [0.05, 0.1) is 10.9 Å². The number of nitrogens with zero attached hydrogens (tertiary/aromatic N) is 1. The molecule has 28 heavy (non-hydrogen) atoms. The van der Waals surface area contributed by atoms with Crippen LogP contribution in [0, 0.1) is 13.8 Å². The van der Waals surface area contributed by atoms with E-state index in [1.807, 2.05) is 17.5 Å². The molecule has 1 aliphatic heterocycles. The van der Waals surface area contributed by atoms with Crippen LogP contribution in [-0.4, -0.2) is 23.9 Å². The Bertz CT molecular complexity index is 925. The summed E-state index contributed by atoms with van der Waals surface area (Å²) in [6.07, 6.45) is 3.78. The second-order valence-corrected chi connectivity index (χ2v) is 9.54. The molecule has 0 saturated carbocycles. The van der Waals surface area contributed by atoms with Gasteiger partial charge in [-0.05, 0) is 62.4 Å². The maximum absolute atomic E-state index is 12.8. The van der Waals surface area contributed by atoms with Crippen LogP contribution in [0.3, 0.4) is 0 Å². The number of benzene rings is 1. The highest BCUT2D eigenvalue weighted by molar-refractivity contribution is 7.17. The SMILES string of the molecule is Cc1sc(NC(=O)c2cccs2)c([C@@H](c2ccccc2)N2CCCCC2)c1C. The van der Waals surface area contributed by atoms with Gasteiger partial charge >= 0.3 is 0 Å². The average molecular weight is 411 g/mol. The fraction of sp³-hybridized carbons (Fsp3) is 0.348. The number of carbonyl (C=O) groups is 1. The standard InChI is InChI=1S/C23H26N2OS2/c1-16-17(2)28-23(24-22(26)19-12-9-15-27-19)20(16)21(18-10-5-3-6-11-18)25-13-7-4-8-14-25/h3,5-6,9-12,15,21H,4,7-8,13-14H2,1-2H3,(H,24,26)/t21-/m1/s1. The predicted molar refractivity (Wildman–Crippen MR) is 120 cm³/mol. The Balaban J connectivity index is 1.76. The lowest BCUT2D eigenvalue weighted by Crippen LogP contribution is -2.35. The van der Waals surface area contributed by atoms with Crippen molar-refractivity contribution in [2.75, 3.05) is 18.4 Å². The molecule has 5 heteroatoms. The fourth-order valence-electron chi connectivity index (χ4n) is 4.01. The Morgan fingerprint density at radius 3 is 2.46 bits per heavy atom. The summed E-state index contributed by atoms with van der Waals surface area (Å²) in [5, 5.41) is 6.17. The minimum absolute atomic E-state index is 0.0112. The number of hydrogen-bond donors (Lipinski definition) is 1. The van der Waals surface area contributed by atoms with Crippen molar-refractivity contribution in [3.63, 3.8) is 0 Å². The summed E-state index contributed by atoms with van der Waals surface area (Å²) in [7, 11) is 0. The zero-order valence-corrected chi connectivity index (χ0v) is 18.0. The Hall–Kier alpha value is -1.95. The quantitative estimate of drug-likeness (QED) is 0.539. The number of hydrogen-bond acceptors (Lipinski definition) is 4. The first kappa shape index (κ1) is 19.4. The lowest BCUT2D eigenvalue weighted by atomic mass is 9.93. The Morgan fingerprint density at radius 1 is 1.04 bits per heavy atom. The van der Waals surface area contributed by atoms with Gasteiger partial charge in [0.15, 0.2) is 0 Å². The number of anilines is 1. The smallest absolute Gasteiger partial charge is 0.266 e. The largest absolute Gasteiger partial charge is 0.313 e. The molecule has 3 aromatic rings. The number of thiophene rings is 2. The Kier molecular flexibility index (Phi) is 5.95. The molecule has 1 aliphatic rings. The molecular weight excluding hydrogens is 384 g/mol. The van der Waals surface area contributed by atoms with Crippen molar-refractivity contribution < 1.29 is 4.79 Å². The van der Waals surface area contributed by atoms with E-state index in [1.54, 1.807) is 11.3 Å². The van der Waals surface area contributed by atoms with Gasteiger partial charge in [0.25, 0.3) is 5.91 Å². The van der Waals surface area contributed by atoms with E-state index in [4.69, 9.17) is 0 Å². The van der Waals surface area contributed by atoms with Crippen molar-refractivity contribution in [3.05, 3.63) is 74.3 Å². The van der Waals surface area contributed by atoms with Gasteiger partial charge in [-0.25, -0.2) is 0 Å². The topological polar surface area (TPSA) is 32.3 Å². The maximum Gasteiger partial charge on any atom is 0.266 e. The summed E-state index contributed by atoms with van der Waals surface area (Å²) < 4.78 is 0. The van der Waals surface area contributed by atoms with Crippen molar-refractivity contribution in [1.29, 1.82) is 0 Å².